The molecule has 2 aromatic carbocycles. The van der Waals surface area contributed by atoms with Gasteiger partial charge in [0.1, 0.15) is 0 Å². The molecule has 1 aromatic heterocycles. The van der Waals surface area contributed by atoms with Gasteiger partial charge in [-0.2, -0.15) is 18.2 Å². The van der Waals surface area contributed by atoms with E-state index >= 15 is 0 Å². The number of nitrogens with zero attached hydrogens (tertiary/aromatic N) is 4. The molecule has 0 saturated carbocycles. The zero-order chi connectivity index (χ0) is 22.0. The van der Waals surface area contributed by atoms with Crippen molar-refractivity contribution in [3.63, 3.8) is 0 Å². The lowest BCUT2D eigenvalue weighted by atomic mass is 10.1. The van der Waals surface area contributed by atoms with Gasteiger partial charge in [0.2, 0.25) is 11.7 Å². The molecular formula is C22H21F3N4O2. The minimum Gasteiger partial charge on any atom is -0.338 e. The first-order valence-corrected chi connectivity index (χ1v) is 9.88. The standard InChI is InChI=1S/C22H21F3N4O2/c1-15-5-7-16(8-6-15)20-26-19(31-27-20)14-28-9-11-29(12-10-28)21(30)17-3-2-4-18(13-17)22(23,24)25/h2-8,13H,9-12,14H2,1H3. The largest absolute Gasteiger partial charge is 0.416 e. The zero-order valence-corrected chi connectivity index (χ0v) is 16.9. The number of aryl methyl sites for hydroxylation is 1. The number of carbonyl (C=O) groups excluding carboxylic acids is 1. The number of hydrogen-bond acceptors (Lipinski definition) is 5. The Kier molecular flexibility index (Phi) is 5.77. The fourth-order valence-electron chi connectivity index (χ4n) is 3.45. The highest BCUT2D eigenvalue weighted by molar-refractivity contribution is 5.94. The highest BCUT2D eigenvalue weighted by Gasteiger charge is 2.31. The molecule has 3 aromatic rings. The molecule has 0 unspecified atom stereocenters. The number of benzene rings is 2. The number of aromatic nitrogens is 2. The van der Waals surface area contributed by atoms with Gasteiger partial charge in [0.05, 0.1) is 12.1 Å². The maximum atomic E-state index is 12.9. The second-order valence-corrected chi connectivity index (χ2v) is 7.52. The minimum atomic E-state index is -4.48. The maximum Gasteiger partial charge on any atom is 0.416 e. The molecule has 4 rings (SSSR count). The van der Waals surface area contributed by atoms with Crippen molar-refractivity contribution in [1.82, 2.24) is 19.9 Å². The van der Waals surface area contributed by atoms with Gasteiger partial charge in [-0.3, -0.25) is 9.69 Å². The van der Waals surface area contributed by atoms with E-state index < -0.39 is 17.6 Å². The summed E-state index contributed by atoms with van der Waals surface area (Å²) < 4.78 is 44.1. The molecule has 0 atom stereocenters. The number of amides is 1. The van der Waals surface area contributed by atoms with Crippen molar-refractivity contribution >= 4 is 5.91 Å². The van der Waals surface area contributed by atoms with E-state index in [4.69, 9.17) is 4.52 Å². The van der Waals surface area contributed by atoms with Crippen molar-refractivity contribution in [3.05, 3.63) is 71.1 Å². The van der Waals surface area contributed by atoms with Crippen molar-refractivity contribution in [2.75, 3.05) is 26.2 Å². The molecule has 0 aliphatic carbocycles. The number of rotatable bonds is 4. The van der Waals surface area contributed by atoms with Crippen LogP contribution in [-0.4, -0.2) is 52.0 Å². The molecule has 1 aliphatic rings. The molecule has 2 heterocycles. The topological polar surface area (TPSA) is 62.5 Å². The lowest BCUT2D eigenvalue weighted by Gasteiger charge is -2.34. The Bertz CT molecular complexity index is 1060. The molecule has 0 radical (unpaired) electrons. The van der Waals surface area contributed by atoms with Crippen LogP contribution in [0.4, 0.5) is 13.2 Å². The molecule has 1 amide bonds. The Balaban J connectivity index is 1.34. The molecular weight excluding hydrogens is 409 g/mol. The minimum absolute atomic E-state index is 0.0444. The molecule has 9 heteroatoms. The fourth-order valence-corrected chi connectivity index (χ4v) is 3.45. The van der Waals surface area contributed by atoms with Gasteiger partial charge in [0.25, 0.3) is 5.91 Å². The summed E-state index contributed by atoms with van der Waals surface area (Å²) in [6.45, 7) is 4.40. The molecule has 31 heavy (non-hydrogen) atoms. The summed E-state index contributed by atoms with van der Waals surface area (Å²) in [4.78, 5) is 20.7. The Hall–Kier alpha value is -3.20. The smallest absolute Gasteiger partial charge is 0.338 e. The van der Waals surface area contributed by atoms with E-state index in [-0.39, 0.29) is 5.56 Å². The summed E-state index contributed by atoms with van der Waals surface area (Å²) in [5.74, 6) is 0.604. The van der Waals surface area contributed by atoms with E-state index in [9.17, 15) is 18.0 Å². The second-order valence-electron chi connectivity index (χ2n) is 7.52. The number of carbonyl (C=O) groups is 1. The summed E-state index contributed by atoms with van der Waals surface area (Å²) in [6, 6.07) is 12.4. The van der Waals surface area contributed by atoms with Crippen LogP contribution in [0.15, 0.2) is 53.1 Å². The fraction of sp³-hybridized carbons (Fsp3) is 0.318. The van der Waals surface area contributed by atoms with E-state index in [2.05, 4.69) is 15.0 Å². The summed E-state index contributed by atoms with van der Waals surface area (Å²) in [5, 5.41) is 4.02. The average Bonchev–Trinajstić information content (AvgIpc) is 3.22. The van der Waals surface area contributed by atoms with Crippen LogP contribution >= 0.6 is 0 Å². The van der Waals surface area contributed by atoms with E-state index in [1.165, 1.54) is 12.1 Å². The highest BCUT2D eigenvalue weighted by atomic mass is 19.4. The predicted molar refractivity (Wildman–Crippen MR) is 107 cm³/mol. The molecule has 0 bridgehead atoms. The Morgan fingerprint density at radius 3 is 2.45 bits per heavy atom. The van der Waals surface area contributed by atoms with Crippen molar-refractivity contribution in [2.24, 2.45) is 0 Å². The summed E-state index contributed by atoms with van der Waals surface area (Å²) in [6.07, 6.45) is -4.48. The highest BCUT2D eigenvalue weighted by Crippen LogP contribution is 2.30. The van der Waals surface area contributed by atoms with Gasteiger partial charge >= 0.3 is 6.18 Å². The number of hydrogen-bond donors (Lipinski definition) is 0. The normalized spacial score (nSPS) is 15.3. The third kappa shape index (κ3) is 4.93. The Labute approximate surface area is 177 Å². The van der Waals surface area contributed by atoms with Crippen molar-refractivity contribution in [1.29, 1.82) is 0 Å². The first kappa shape index (κ1) is 21.0. The number of alkyl halides is 3. The van der Waals surface area contributed by atoms with Crippen LogP contribution < -0.4 is 0 Å². The van der Waals surface area contributed by atoms with E-state index in [0.717, 1.165) is 23.3 Å². The van der Waals surface area contributed by atoms with E-state index in [1.54, 1.807) is 4.90 Å². The summed E-state index contributed by atoms with van der Waals surface area (Å²) in [5.41, 5.74) is 1.24. The van der Waals surface area contributed by atoms with Crippen LogP contribution in [0.1, 0.15) is 27.4 Å². The van der Waals surface area contributed by atoms with Gasteiger partial charge in [-0.1, -0.05) is 41.1 Å². The molecule has 6 nitrogen and oxygen atoms in total. The monoisotopic (exact) mass is 430 g/mol. The number of halogens is 3. The Morgan fingerprint density at radius 1 is 1.06 bits per heavy atom. The van der Waals surface area contributed by atoms with Crippen LogP contribution in [0.2, 0.25) is 0 Å². The van der Waals surface area contributed by atoms with Crippen molar-refractivity contribution < 1.29 is 22.5 Å². The van der Waals surface area contributed by atoms with Crippen LogP contribution in [0.3, 0.4) is 0 Å². The van der Waals surface area contributed by atoms with E-state index in [1.807, 2.05) is 31.2 Å². The van der Waals surface area contributed by atoms with Gasteiger partial charge < -0.3 is 9.42 Å². The maximum absolute atomic E-state index is 12.9. The van der Waals surface area contributed by atoms with Gasteiger partial charge in [-0.15, -0.1) is 0 Å². The van der Waals surface area contributed by atoms with Gasteiger partial charge in [-0.05, 0) is 25.1 Å². The third-order valence-electron chi connectivity index (χ3n) is 5.23. The molecule has 162 valence electrons. The second kappa shape index (κ2) is 8.50. The van der Waals surface area contributed by atoms with Gasteiger partial charge in [-0.25, -0.2) is 0 Å². The predicted octanol–water partition coefficient (Wildman–Crippen LogP) is 4.02. The summed E-state index contributed by atoms with van der Waals surface area (Å²) >= 11 is 0. The molecule has 1 fully saturated rings. The van der Waals surface area contributed by atoms with Crippen LogP contribution in [-0.2, 0) is 12.7 Å². The van der Waals surface area contributed by atoms with Crippen molar-refractivity contribution in [3.8, 4) is 11.4 Å². The van der Waals surface area contributed by atoms with Crippen LogP contribution in [0.25, 0.3) is 11.4 Å². The molecule has 0 N–H and O–H groups in total. The van der Waals surface area contributed by atoms with Crippen LogP contribution in [0, 0.1) is 6.92 Å². The first-order chi connectivity index (χ1) is 14.8. The zero-order valence-electron chi connectivity index (χ0n) is 16.9. The molecule has 1 aliphatic heterocycles. The van der Waals surface area contributed by atoms with Crippen molar-refractivity contribution in [2.45, 2.75) is 19.6 Å². The SMILES string of the molecule is Cc1ccc(-c2noc(CN3CCN(C(=O)c4cccc(C(F)(F)F)c4)CC3)n2)cc1. The molecule has 1 saturated heterocycles. The van der Waals surface area contributed by atoms with E-state index in [0.29, 0.717) is 44.4 Å². The third-order valence-corrected chi connectivity index (χ3v) is 5.23. The Morgan fingerprint density at radius 2 is 1.77 bits per heavy atom. The average molecular weight is 430 g/mol. The quantitative estimate of drug-likeness (QED) is 0.626. The number of piperazine rings is 1. The lowest BCUT2D eigenvalue weighted by molar-refractivity contribution is -0.137. The van der Waals surface area contributed by atoms with Crippen LogP contribution in [0.5, 0.6) is 0 Å². The van der Waals surface area contributed by atoms with Gasteiger partial charge in [0.15, 0.2) is 0 Å². The summed E-state index contributed by atoms with van der Waals surface area (Å²) in [7, 11) is 0. The van der Waals surface area contributed by atoms with Gasteiger partial charge in [0, 0.05) is 37.3 Å². The molecule has 0 spiro atoms. The lowest BCUT2D eigenvalue weighted by Crippen LogP contribution is -2.48. The first-order valence-electron chi connectivity index (χ1n) is 9.88.